The number of nitrogens with two attached hydrogens (primary N) is 1. The number of methoxy groups -OCH3 is 3. The Morgan fingerprint density at radius 1 is 0.892 bits per heavy atom. The summed E-state index contributed by atoms with van der Waals surface area (Å²) in [5, 5.41) is 2.91. The minimum absolute atomic E-state index is 0.259. The molecule has 0 saturated carbocycles. The maximum absolute atomic E-state index is 13.6. The lowest BCUT2D eigenvalue weighted by Crippen LogP contribution is -2.15. The van der Waals surface area contributed by atoms with Crippen LogP contribution in [0.15, 0.2) is 66.7 Å². The molecule has 0 radical (unpaired) electrons. The van der Waals surface area contributed by atoms with Crippen LogP contribution >= 0.6 is 0 Å². The number of nitrogen functional groups attached to an aromatic ring is 1. The summed E-state index contributed by atoms with van der Waals surface area (Å²) < 4.78 is 18.1. The molecule has 2 heterocycles. The van der Waals surface area contributed by atoms with Gasteiger partial charge in [0.05, 0.1) is 32.4 Å². The fourth-order valence-corrected chi connectivity index (χ4v) is 4.40. The van der Waals surface area contributed by atoms with E-state index < -0.39 is 5.91 Å². The summed E-state index contributed by atoms with van der Waals surface area (Å²) in [6, 6.07) is 20.9. The number of amides is 1. The summed E-state index contributed by atoms with van der Waals surface area (Å²) in [4.78, 5) is 23.2. The van der Waals surface area contributed by atoms with Crippen LogP contribution in [-0.4, -0.2) is 41.8 Å². The molecular formula is C28H27N5O4. The third-order valence-corrected chi connectivity index (χ3v) is 6.21. The highest BCUT2D eigenvalue weighted by molar-refractivity contribution is 6.16. The second kappa shape index (κ2) is 10.1. The molecule has 9 nitrogen and oxygen atoms in total. The molecule has 0 bridgehead atoms. The molecular weight excluding hydrogens is 470 g/mol. The zero-order chi connectivity index (χ0) is 25.9. The van der Waals surface area contributed by atoms with Gasteiger partial charge >= 0.3 is 0 Å². The van der Waals surface area contributed by atoms with Crippen LogP contribution in [0.3, 0.4) is 0 Å². The maximum atomic E-state index is 13.6. The van der Waals surface area contributed by atoms with Gasteiger partial charge in [-0.3, -0.25) is 4.79 Å². The predicted octanol–water partition coefficient (Wildman–Crippen LogP) is 4.69. The van der Waals surface area contributed by atoms with Crippen LogP contribution in [0.25, 0.3) is 22.2 Å². The van der Waals surface area contributed by atoms with Gasteiger partial charge in [0.1, 0.15) is 16.9 Å². The summed E-state index contributed by atoms with van der Waals surface area (Å²) in [5.74, 6) is 1.14. The van der Waals surface area contributed by atoms with Crippen molar-refractivity contribution in [2.45, 2.75) is 13.0 Å². The molecule has 3 N–H and O–H groups in total. The first kappa shape index (κ1) is 23.9. The van der Waals surface area contributed by atoms with Gasteiger partial charge in [-0.05, 0) is 24.1 Å². The summed E-state index contributed by atoms with van der Waals surface area (Å²) in [6.07, 6.45) is 0.720. The number of nitrogens with one attached hydrogen (secondary N) is 1. The average Bonchev–Trinajstić information content (AvgIpc) is 3.20. The largest absolute Gasteiger partial charge is 0.493 e. The molecule has 188 valence electrons. The monoisotopic (exact) mass is 497 g/mol. The van der Waals surface area contributed by atoms with E-state index in [4.69, 9.17) is 29.9 Å². The highest BCUT2D eigenvalue weighted by Gasteiger charge is 2.25. The maximum Gasteiger partial charge on any atom is 0.261 e. The van der Waals surface area contributed by atoms with Gasteiger partial charge in [-0.25, -0.2) is 9.97 Å². The van der Waals surface area contributed by atoms with Crippen LogP contribution in [0.5, 0.6) is 17.2 Å². The summed E-state index contributed by atoms with van der Waals surface area (Å²) in [6.45, 7) is 0.539. The van der Waals surface area contributed by atoms with E-state index in [-0.39, 0.29) is 5.56 Å². The normalized spacial score (nSPS) is 11.0. The molecule has 0 aliphatic heterocycles. The Kier molecular flexibility index (Phi) is 6.51. The lowest BCUT2D eigenvalue weighted by molar-refractivity contribution is 0.102. The Balaban J connectivity index is 1.59. The highest BCUT2D eigenvalue weighted by atomic mass is 16.5. The number of para-hydroxylation sites is 2. The first-order chi connectivity index (χ1) is 18.0. The number of fused-ring (bicyclic) bond motifs is 2. The minimum Gasteiger partial charge on any atom is -0.493 e. The van der Waals surface area contributed by atoms with Crippen molar-refractivity contribution in [1.29, 1.82) is 0 Å². The number of carbonyl (C=O) groups excluding carboxylic acids is 1. The molecule has 37 heavy (non-hydrogen) atoms. The van der Waals surface area contributed by atoms with Gasteiger partial charge in [0.15, 0.2) is 17.1 Å². The Morgan fingerprint density at radius 2 is 1.51 bits per heavy atom. The average molecular weight is 498 g/mol. The number of rotatable bonds is 8. The number of carbonyl (C=O) groups is 1. The van der Waals surface area contributed by atoms with Crippen molar-refractivity contribution in [3.63, 3.8) is 0 Å². The molecule has 0 aliphatic carbocycles. The minimum atomic E-state index is -0.417. The number of aromatic nitrogens is 3. The Bertz CT molecular complexity index is 1570. The van der Waals surface area contributed by atoms with Gasteiger partial charge in [-0.15, -0.1) is 0 Å². The first-order valence-electron chi connectivity index (χ1n) is 11.7. The predicted molar refractivity (Wildman–Crippen MR) is 144 cm³/mol. The molecule has 0 unspecified atom stereocenters. The molecule has 0 saturated heterocycles. The number of hydrogen-bond acceptors (Lipinski definition) is 7. The van der Waals surface area contributed by atoms with Crippen molar-refractivity contribution in [1.82, 2.24) is 14.5 Å². The molecule has 5 rings (SSSR count). The van der Waals surface area contributed by atoms with E-state index in [1.54, 1.807) is 12.1 Å². The van der Waals surface area contributed by atoms with Gasteiger partial charge < -0.3 is 29.8 Å². The molecule has 0 aliphatic rings. The lowest BCUT2D eigenvalue weighted by atomic mass is 10.1. The van der Waals surface area contributed by atoms with Gasteiger partial charge in [-0.1, -0.05) is 42.5 Å². The Labute approximate surface area is 213 Å². The molecule has 2 aromatic heterocycles. The van der Waals surface area contributed by atoms with Crippen molar-refractivity contribution in [2.24, 2.45) is 0 Å². The molecule has 9 heteroatoms. The second-order valence-electron chi connectivity index (χ2n) is 8.40. The fourth-order valence-electron chi connectivity index (χ4n) is 4.40. The Morgan fingerprint density at radius 3 is 2.14 bits per heavy atom. The second-order valence-corrected chi connectivity index (χ2v) is 8.40. The lowest BCUT2D eigenvalue weighted by Gasteiger charge is -2.14. The fraction of sp³-hybridized carbons (Fsp3) is 0.179. The van der Waals surface area contributed by atoms with Gasteiger partial charge in [0.25, 0.3) is 5.91 Å². The molecule has 0 atom stereocenters. The van der Waals surface area contributed by atoms with Crippen molar-refractivity contribution >= 4 is 39.6 Å². The molecule has 0 spiro atoms. The standard InChI is InChI=1S/C28H27N5O4/c1-35-21-15-18(16-22(36-2)25(21)37-3)30-28(34)23-24-27(32-20-12-8-7-11-19(20)31-24)33(26(23)29)14-13-17-9-5-4-6-10-17/h4-12,15-16H,13-14,29H2,1-3H3,(H,30,34). The van der Waals surface area contributed by atoms with E-state index in [1.165, 1.54) is 21.3 Å². The van der Waals surface area contributed by atoms with Gasteiger partial charge in [0, 0.05) is 24.4 Å². The van der Waals surface area contributed by atoms with E-state index in [0.717, 1.165) is 17.5 Å². The van der Waals surface area contributed by atoms with Crippen LogP contribution < -0.4 is 25.3 Å². The zero-order valence-corrected chi connectivity index (χ0v) is 20.8. The zero-order valence-electron chi connectivity index (χ0n) is 20.8. The van der Waals surface area contributed by atoms with Crippen LogP contribution in [0.1, 0.15) is 15.9 Å². The molecule has 5 aromatic rings. The van der Waals surface area contributed by atoms with Crippen molar-refractivity contribution in [3.8, 4) is 17.2 Å². The number of ether oxygens (including phenoxy) is 3. The number of benzene rings is 3. The van der Waals surface area contributed by atoms with Crippen LogP contribution in [0, 0.1) is 0 Å². The topological polar surface area (TPSA) is 114 Å². The summed E-state index contributed by atoms with van der Waals surface area (Å²) >= 11 is 0. The molecule has 3 aromatic carbocycles. The van der Waals surface area contributed by atoms with Gasteiger partial charge in [-0.2, -0.15) is 0 Å². The van der Waals surface area contributed by atoms with Crippen LogP contribution in [0.4, 0.5) is 11.5 Å². The van der Waals surface area contributed by atoms with E-state index in [0.29, 0.717) is 52.0 Å². The van der Waals surface area contributed by atoms with Crippen molar-refractivity contribution in [2.75, 3.05) is 32.4 Å². The molecule has 0 fully saturated rings. The number of anilines is 2. The van der Waals surface area contributed by atoms with E-state index in [2.05, 4.69) is 17.4 Å². The summed E-state index contributed by atoms with van der Waals surface area (Å²) in [7, 11) is 4.55. The van der Waals surface area contributed by atoms with Crippen molar-refractivity contribution < 1.29 is 19.0 Å². The van der Waals surface area contributed by atoms with E-state index in [1.807, 2.05) is 47.0 Å². The third kappa shape index (κ3) is 4.47. The smallest absolute Gasteiger partial charge is 0.261 e. The summed E-state index contributed by atoms with van der Waals surface area (Å²) in [5.41, 5.74) is 10.9. The number of aryl methyl sites for hydroxylation is 2. The van der Waals surface area contributed by atoms with Crippen molar-refractivity contribution in [3.05, 3.63) is 77.9 Å². The molecule has 1 amide bonds. The first-order valence-corrected chi connectivity index (χ1v) is 11.7. The quantitative estimate of drug-likeness (QED) is 0.320. The van der Waals surface area contributed by atoms with Gasteiger partial charge in [0.2, 0.25) is 5.75 Å². The highest BCUT2D eigenvalue weighted by Crippen LogP contribution is 2.40. The van der Waals surface area contributed by atoms with E-state index in [9.17, 15) is 4.79 Å². The Hall–Kier alpha value is -4.79. The van der Waals surface area contributed by atoms with Crippen LogP contribution in [0.2, 0.25) is 0 Å². The third-order valence-electron chi connectivity index (χ3n) is 6.21. The number of hydrogen-bond donors (Lipinski definition) is 2. The van der Waals surface area contributed by atoms with E-state index >= 15 is 0 Å². The number of nitrogens with zero attached hydrogens (tertiary/aromatic N) is 3. The SMILES string of the molecule is COc1cc(NC(=O)c2c(N)n(CCc3ccccc3)c3nc4ccccc4nc23)cc(OC)c1OC. The van der Waals surface area contributed by atoms with Crippen LogP contribution in [-0.2, 0) is 13.0 Å².